The van der Waals surface area contributed by atoms with Gasteiger partial charge in [0.1, 0.15) is 20.8 Å². The first-order valence-corrected chi connectivity index (χ1v) is 9.66. The monoisotopic (exact) mass is 364 g/mol. The van der Waals surface area contributed by atoms with Gasteiger partial charge in [-0.3, -0.25) is 0 Å². The van der Waals surface area contributed by atoms with E-state index in [9.17, 15) is 0 Å². The number of ether oxygens (including phenoxy) is 2. The second-order valence-electron chi connectivity index (χ2n) is 4.75. The van der Waals surface area contributed by atoms with Crippen LogP contribution in [0.2, 0.25) is 0 Å². The molecule has 1 aromatic carbocycles. The van der Waals surface area contributed by atoms with Crippen molar-refractivity contribution < 1.29 is 9.47 Å². The molecule has 4 nitrogen and oxygen atoms in total. The summed E-state index contributed by atoms with van der Waals surface area (Å²) in [5.41, 5.74) is 3.11. The van der Waals surface area contributed by atoms with Crippen LogP contribution in [0.1, 0.15) is 11.4 Å². The smallest absolute Gasteiger partial charge is 0.150 e. The molecule has 0 bridgehead atoms. The maximum Gasteiger partial charge on any atom is 0.150 e. The average Bonchev–Trinajstić information content (AvgIpc) is 3.21. The van der Waals surface area contributed by atoms with Crippen molar-refractivity contribution in [3.63, 3.8) is 0 Å². The summed E-state index contributed by atoms with van der Waals surface area (Å²) in [6.45, 7) is 2.01. The zero-order chi connectivity index (χ0) is 16.2. The molecule has 0 spiro atoms. The number of thiazole rings is 2. The van der Waals surface area contributed by atoms with E-state index in [2.05, 4.69) is 15.7 Å². The molecule has 23 heavy (non-hydrogen) atoms. The van der Waals surface area contributed by atoms with Crippen LogP contribution >= 0.6 is 34.4 Å². The molecule has 2 aromatic heterocycles. The number of aromatic nitrogens is 2. The lowest BCUT2D eigenvalue weighted by atomic mass is 10.2. The van der Waals surface area contributed by atoms with Gasteiger partial charge in [-0.05, 0) is 19.1 Å². The molecule has 0 saturated carbocycles. The molecule has 0 fully saturated rings. The molecule has 0 aliphatic carbocycles. The molecule has 0 amide bonds. The summed E-state index contributed by atoms with van der Waals surface area (Å²) < 4.78 is 11.8. The van der Waals surface area contributed by atoms with Gasteiger partial charge in [-0.25, -0.2) is 9.97 Å². The lowest BCUT2D eigenvalue weighted by molar-refractivity contribution is 0.395. The van der Waals surface area contributed by atoms with Crippen molar-refractivity contribution in [3.8, 4) is 22.1 Å². The number of thioether (sulfide) groups is 1. The molecule has 0 atom stereocenters. The van der Waals surface area contributed by atoms with Crippen LogP contribution in [-0.2, 0) is 5.75 Å². The minimum atomic E-state index is 0.772. The molecule has 0 radical (unpaired) electrons. The number of benzene rings is 1. The zero-order valence-corrected chi connectivity index (χ0v) is 15.5. The Balaban J connectivity index is 1.76. The van der Waals surface area contributed by atoms with E-state index in [1.54, 1.807) is 48.7 Å². The highest BCUT2D eigenvalue weighted by molar-refractivity contribution is 8.00. The first-order valence-electron chi connectivity index (χ1n) is 6.91. The summed E-state index contributed by atoms with van der Waals surface area (Å²) in [7, 11) is 3.31. The summed E-state index contributed by atoms with van der Waals surface area (Å²) in [6.07, 6.45) is 0. The van der Waals surface area contributed by atoms with Crippen LogP contribution in [0.4, 0.5) is 0 Å². The van der Waals surface area contributed by atoms with Crippen molar-refractivity contribution in [2.75, 3.05) is 14.2 Å². The van der Waals surface area contributed by atoms with Crippen molar-refractivity contribution in [1.29, 1.82) is 0 Å². The Kier molecular flexibility index (Phi) is 5.20. The van der Waals surface area contributed by atoms with Gasteiger partial charge < -0.3 is 9.47 Å². The molecule has 0 aliphatic heterocycles. The molecule has 0 saturated heterocycles. The lowest BCUT2D eigenvalue weighted by Gasteiger charge is -2.08. The molecule has 0 unspecified atom stereocenters. The fourth-order valence-corrected chi connectivity index (χ4v) is 4.70. The van der Waals surface area contributed by atoms with E-state index in [1.807, 2.05) is 25.1 Å². The Morgan fingerprint density at radius 3 is 2.65 bits per heavy atom. The summed E-state index contributed by atoms with van der Waals surface area (Å²) >= 11 is 5.02. The first-order chi connectivity index (χ1) is 11.2. The third-order valence-corrected chi connectivity index (χ3v) is 6.23. The highest BCUT2D eigenvalue weighted by Crippen LogP contribution is 2.36. The Bertz CT molecular complexity index is 798. The second kappa shape index (κ2) is 7.33. The van der Waals surface area contributed by atoms with Crippen molar-refractivity contribution in [2.45, 2.75) is 17.0 Å². The van der Waals surface area contributed by atoms with Crippen LogP contribution in [0.5, 0.6) is 11.5 Å². The van der Waals surface area contributed by atoms with E-state index in [0.717, 1.165) is 43.6 Å². The van der Waals surface area contributed by atoms with Crippen molar-refractivity contribution in [1.82, 2.24) is 9.97 Å². The fraction of sp³-hybridized carbons (Fsp3) is 0.250. The van der Waals surface area contributed by atoms with Crippen molar-refractivity contribution in [2.24, 2.45) is 0 Å². The van der Waals surface area contributed by atoms with E-state index >= 15 is 0 Å². The quantitative estimate of drug-likeness (QED) is 0.583. The fourth-order valence-electron chi connectivity index (χ4n) is 2.01. The number of hydrogen-bond acceptors (Lipinski definition) is 7. The molecule has 120 valence electrons. The maximum absolute atomic E-state index is 5.46. The van der Waals surface area contributed by atoms with Crippen LogP contribution in [0.15, 0.2) is 33.3 Å². The van der Waals surface area contributed by atoms with Gasteiger partial charge in [0.2, 0.25) is 0 Å². The minimum absolute atomic E-state index is 0.772. The molecular formula is C16H16N2O2S3. The SMILES string of the molecule is COc1ccc(-c2nc(CSc3nc(C)cs3)cs2)c(OC)c1. The molecule has 3 aromatic rings. The number of nitrogens with zero attached hydrogens (tertiary/aromatic N) is 2. The van der Waals surface area contributed by atoms with E-state index in [-0.39, 0.29) is 0 Å². The first kappa shape index (κ1) is 16.3. The van der Waals surface area contributed by atoms with E-state index < -0.39 is 0 Å². The lowest BCUT2D eigenvalue weighted by Crippen LogP contribution is -1.90. The van der Waals surface area contributed by atoms with Gasteiger partial charge in [-0.2, -0.15) is 0 Å². The summed E-state index contributed by atoms with van der Waals surface area (Å²) in [4.78, 5) is 9.18. The van der Waals surface area contributed by atoms with Gasteiger partial charge in [-0.1, -0.05) is 11.8 Å². The van der Waals surface area contributed by atoms with Gasteiger partial charge >= 0.3 is 0 Å². The largest absolute Gasteiger partial charge is 0.497 e. The number of rotatable bonds is 6. The molecule has 2 heterocycles. The van der Waals surface area contributed by atoms with E-state index in [4.69, 9.17) is 14.5 Å². The highest BCUT2D eigenvalue weighted by atomic mass is 32.2. The average molecular weight is 365 g/mol. The number of methoxy groups -OCH3 is 2. The predicted octanol–water partition coefficient (Wildman–Crippen LogP) is 4.88. The third kappa shape index (κ3) is 3.85. The molecule has 0 N–H and O–H groups in total. The minimum Gasteiger partial charge on any atom is -0.497 e. The summed E-state index contributed by atoms with van der Waals surface area (Å²) in [5, 5.41) is 5.11. The molecule has 3 rings (SSSR count). The zero-order valence-electron chi connectivity index (χ0n) is 13.0. The van der Waals surface area contributed by atoms with E-state index in [0.29, 0.717) is 0 Å². The van der Waals surface area contributed by atoms with Gasteiger partial charge in [0.05, 0.1) is 25.5 Å². The Labute approximate surface area is 147 Å². The number of hydrogen-bond donors (Lipinski definition) is 0. The molecule has 0 aliphatic rings. The standard InChI is InChI=1S/C16H16N2O2S3/c1-10-7-22-16(17-10)23-9-11-8-21-15(18-11)13-5-4-12(19-2)6-14(13)20-3/h4-8H,9H2,1-3H3. The van der Waals surface area contributed by atoms with Crippen LogP contribution in [-0.4, -0.2) is 24.2 Å². The number of aryl methyl sites for hydroxylation is 1. The Morgan fingerprint density at radius 2 is 1.96 bits per heavy atom. The highest BCUT2D eigenvalue weighted by Gasteiger charge is 2.12. The van der Waals surface area contributed by atoms with Crippen molar-refractivity contribution >= 4 is 34.4 Å². The third-order valence-electron chi connectivity index (χ3n) is 3.13. The van der Waals surface area contributed by atoms with Crippen LogP contribution in [0.25, 0.3) is 10.6 Å². The topological polar surface area (TPSA) is 44.2 Å². The summed E-state index contributed by atoms with van der Waals surface area (Å²) in [5.74, 6) is 2.37. The normalized spacial score (nSPS) is 10.7. The van der Waals surface area contributed by atoms with Gasteiger partial charge in [0.15, 0.2) is 0 Å². The second-order valence-corrected chi connectivity index (χ2v) is 7.69. The molecule has 7 heteroatoms. The maximum atomic E-state index is 5.46. The van der Waals surface area contributed by atoms with Crippen LogP contribution in [0, 0.1) is 6.92 Å². The van der Waals surface area contributed by atoms with Gasteiger partial charge in [0.25, 0.3) is 0 Å². The van der Waals surface area contributed by atoms with Gasteiger partial charge in [-0.15, -0.1) is 22.7 Å². The van der Waals surface area contributed by atoms with E-state index in [1.165, 1.54) is 0 Å². The van der Waals surface area contributed by atoms with Gasteiger partial charge in [0, 0.05) is 28.3 Å². The Morgan fingerprint density at radius 1 is 1.09 bits per heavy atom. The van der Waals surface area contributed by atoms with Crippen molar-refractivity contribution in [3.05, 3.63) is 40.3 Å². The van der Waals surface area contributed by atoms with Crippen LogP contribution in [0.3, 0.4) is 0 Å². The summed E-state index contributed by atoms with van der Waals surface area (Å²) in [6, 6.07) is 5.78. The van der Waals surface area contributed by atoms with Crippen LogP contribution < -0.4 is 9.47 Å². The molecular weight excluding hydrogens is 348 g/mol. The predicted molar refractivity (Wildman–Crippen MR) is 97.1 cm³/mol. The Hall–Kier alpha value is -1.57.